The molecule has 0 aromatic carbocycles. The van der Waals surface area contributed by atoms with Crippen LogP contribution in [0, 0.1) is 5.41 Å². The molecule has 0 aromatic rings. The van der Waals surface area contributed by atoms with Gasteiger partial charge in [0.15, 0.2) is 0 Å². The molecule has 2 N–H and O–H groups in total. The zero-order chi connectivity index (χ0) is 15.0. The van der Waals surface area contributed by atoms with Gasteiger partial charge in [-0.2, -0.15) is 0 Å². The number of hydrogen-bond donors (Lipinski definition) is 2. The molecule has 0 spiro atoms. The minimum Gasteiger partial charge on any atom is -0.481 e. The highest BCUT2D eigenvalue weighted by atomic mass is 16.5. The second kappa shape index (κ2) is 7.87. The molecule has 1 aliphatic carbocycles. The molecule has 114 valence electrons. The number of hydrogen-bond acceptors (Lipinski definition) is 4. The average Bonchev–Trinajstić information content (AvgIpc) is 2.65. The highest BCUT2D eigenvalue weighted by Gasteiger charge is 2.40. The first-order valence-corrected chi connectivity index (χ1v) is 7.07. The molecule has 6 heteroatoms. The lowest BCUT2D eigenvalue weighted by atomic mass is 9.77. The monoisotopic (exact) mass is 285 g/mol. The molecule has 0 atom stereocenters. The maximum Gasteiger partial charge on any atom is 0.310 e. The van der Waals surface area contributed by atoms with Crippen LogP contribution in [0.5, 0.6) is 0 Å². The van der Waals surface area contributed by atoms with Crippen molar-refractivity contribution in [2.45, 2.75) is 51.4 Å². The number of rotatable bonds is 6. The van der Waals surface area contributed by atoms with Gasteiger partial charge in [-0.05, 0) is 12.8 Å². The summed E-state index contributed by atoms with van der Waals surface area (Å²) < 4.78 is 4.47. The van der Waals surface area contributed by atoms with Crippen molar-refractivity contribution in [1.82, 2.24) is 5.32 Å². The summed E-state index contributed by atoms with van der Waals surface area (Å²) in [5, 5.41) is 12.1. The number of carboxylic acid groups (broad SMARTS) is 1. The first-order valence-electron chi connectivity index (χ1n) is 7.07. The molecular weight excluding hydrogens is 262 g/mol. The number of carbonyl (C=O) groups excluding carboxylic acids is 2. The molecule has 0 unspecified atom stereocenters. The van der Waals surface area contributed by atoms with Crippen molar-refractivity contribution in [3.05, 3.63) is 0 Å². The number of ether oxygens (including phenoxy) is 1. The quantitative estimate of drug-likeness (QED) is 0.569. The maximum absolute atomic E-state index is 11.9. The Morgan fingerprint density at radius 2 is 1.75 bits per heavy atom. The molecule has 1 fully saturated rings. The fraction of sp³-hybridized carbons (Fsp3) is 0.786. The highest BCUT2D eigenvalue weighted by Crippen LogP contribution is 2.38. The van der Waals surface area contributed by atoms with Gasteiger partial charge in [0.25, 0.3) is 0 Å². The Morgan fingerprint density at radius 3 is 2.25 bits per heavy atom. The van der Waals surface area contributed by atoms with Gasteiger partial charge >= 0.3 is 11.9 Å². The Hall–Kier alpha value is -1.59. The molecule has 1 amide bonds. The van der Waals surface area contributed by atoms with Gasteiger partial charge in [-0.1, -0.05) is 25.7 Å². The SMILES string of the molecule is COC(=O)CCNC(=O)CC1(C(=O)O)CCCCCC1. The van der Waals surface area contributed by atoms with Crippen molar-refractivity contribution in [3.63, 3.8) is 0 Å². The lowest BCUT2D eigenvalue weighted by Gasteiger charge is -2.27. The number of carbonyl (C=O) groups is 3. The molecule has 1 saturated carbocycles. The molecule has 1 aliphatic rings. The summed E-state index contributed by atoms with van der Waals surface area (Å²) >= 11 is 0. The van der Waals surface area contributed by atoms with E-state index in [1.807, 2.05) is 0 Å². The summed E-state index contributed by atoms with van der Waals surface area (Å²) in [4.78, 5) is 34.3. The van der Waals surface area contributed by atoms with E-state index < -0.39 is 17.4 Å². The van der Waals surface area contributed by atoms with E-state index in [-0.39, 0.29) is 25.3 Å². The molecule has 0 radical (unpaired) electrons. The van der Waals surface area contributed by atoms with Crippen LogP contribution in [0.25, 0.3) is 0 Å². The van der Waals surface area contributed by atoms with Gasteiger partial charge in [0, 0.05) is 13.0 Å². The number of esters is 1. The minimum absolute atomic E-state index is 0.0104. The smallest absolute Gasteiger partial charge is 0.310 e. The maximum atomic E-state index is 11.9. The van der Waals surface area contributed by atoms with Crippen molar-refractivity contribution < 1.29 is 24.2 Å². The fourth-order valence-electron chi connectivity index (χ4n) is 2.65. The molecule has 0 aliphatic heterocycles. The van der Waals surface area contributed by atoms with Gasteiger partial charge in [-0.15, -0.1) is 0 Å². The Kier molecular flexibility index (Phi) is 6.48. The first kappa shape index (κ1) is 16.5. The lowest BCUT2D eigenvalue weighted by molar-refractivity contribution is -0.153. The van der Waals surface area contributed by atoms with Crippen molar-refractivity contribution >= 4 is 17.8 Å². The van der Waals surface area contributed by atoms with E-state index in [4.69, 9.17) is 0 Å². The molecule has 6 nitrogen and oxygen atoms in total. The van der Waals surface area contributed by atoms with Crippen LogP contribution >= 0.6 is 0 Å². The summed E-state index contributed by atoms with van der Waals surface area (Å²) in [6.07, 6.45) is 4.94. The average molecular weight is 285 g/mol. The summed E-state index contributed by atoms with van der Waals surface area (Å²) in [5.41, 5.74) is -0.939. The van der Waals surface area contributed by atoms with Crippen molar-refractivity contribution in [2.24, 2.45) is 5.41 Å². The summed E-state index contributed by atoms with van der Waals surface area (Å²) in [6, 6.07) is 0. The van der Waals surface area contributed by atoms with E-state index in [1.54, 1.807) is 0 Å². The highest BCUT2D eigenvalue weighted by molar-refractivity contribution is 5.85. The van der Waals surface area contributed by atoms with Crippen molar-refractivity contribution in [1.29, 1.82) is 0 Å². The van der Waals surface area contributed by atoms with Crippen LogP contribution in [0.2, 0.25) is 0 Å². The second-order valence-corrected chi connectivity index (χ2v) is 5.35. The van der Waals surface area contributed by atoms with Gasteiger partial charge < -0.3 is 15.2 Å². The predicted molar refractivity (Wildman–Crippen MR) is 72.0 cm³/mol. The van der Waals surface area contributed by atoms with E-state index in [0.29, 0.717) is 12.8 Å². The third-order valence-corrected chi connectivity index (χ3v) is 3.89. The van der Waals surface area contributed by atoms with E-state index in [1.165, 1.54) is 7.11 Å². The van der Waals surface area contributed by atoms with Crippen molar-refractivity contribution in [3.8, 4) is 0 Å². The fourth-order valence-corrected chi connectivity index (χ4v) is 2.65. The van der Waals surface area contributed by atoms with Crippen LogP contribution < -0.4 is 5.32 Å². The Bertz CT molecular complexity index is 359. The largest absolute Gasteiger partial charge is 0.481 e. The zero-order valence-electron chi connectivity index (χ0n) is 11.9. The molecule has 0 bridgehead atoms. The van der Waals surface area contributed by atoms with E-state index in [9.17, 15) is 19.5 Å². The van der Waals surface area contributed by atoms with Crippen molar-refractivity contribution in [2.75, 3.05) is 13.7 Å². The van der Waals surface area contributed by atoms with Gasteiger partial charge in [0.2, 0.25) is 5.91 Å². The lowest BCUT2D eigenvalue weighted by Crippen LogP contribution is -2.38. The van der Waals surface area contributed by atoms with E-state index >= 15 is 0 Å². The van der Waals surface area contributed by atoms with Gasteiger partial charge in [0.1, 0.15) is 0 Å². The van der Waals surface area contributed by atoms with Gasteiger partial charge in [0.05, 0.1) is 18.9 Å². The zero-order valence-corrected chi connectivity index (χ0v) is 11.9. The van der Waals surface area contributed by atoms with Gasteiger partial charge in [-0.3, -0.25) is 14.4 Å². The summed E-state index contributed by atoms with van der Waals surface area (Å²) in [7, 11) is 1.29. The molecule has 1 rings (SSSR count). The second-order valence-electron chi connectivity index (χ2n) is 5.35. The van der Waals surface area contributed by atoms with Gasteiger partial charge in [-0.25, -0.2) is 0 Å². The molecule has 20 heavy (non-hydrogen) atoms. The summed E-state index contributed by atoms with van der Waals surface area (Å²) in [5.74, 6) is -1.59. The minimum atomic E-state index is -0.939. The number of carboxylic acids is 1. The number of methoxy groups -OCH3 is 1. The standard InChI is InChI=1S/C14H23NO5/c1-20-12(17)6-9-15-11(16)10-14(13(18)19)7-4-2-3-5-8-14/h2-10H2,1H3,(H,15,16)(H,18,19). The van der Waals surface area contributed by atoms with Crippen LogP contribution in [-0.2, 0) is 19.1 Å². The van der Waals surface area contributed by atoms with Crippen LogP contribution in [0.1, 0.15) is 51.4 Å². The molecule has 0 saturated heterocycles. The topological polar surface area (TPSA) is 92.7 Å². The van der Waals surface area contributed by atoms with E-state index in [2.05, 4.69) is 10.1 Å². The Morgan fingerprint density at radius 1 is 1.15 bits per heavy atom. The summed E-state index contributed by atoms with van der Waals surface area (Å²) in [6.45, 7) is 0.182. The Balaban J connectivity index is 2.50. The predicted octanol–water partition coefficient (Wildman–Crippen LogP) is 1.48. The molecule has 0 aromatic heterocycles. The van der Waals surface area contributed by atoms with E-state index in [0.717, 1.165) is 25.7 Å². The Labute approximate surface area is 118 Å². The molecular formula is C14H23NO5. The van der Waals surface area contributed by atoms with Crippen LogP contribution in [0.3, 0.4) is 0 Å². The normalized spacial score (nSPS) is 17.9. The van der Waals surface area contributed by atoms with Crippen LogP contribution in [-0.4, -0.2) is 36.6 Å². The third-order valence-electron chi connectivity index (χ3n) is 3.89. The number of nitrogens with one attached hydrogen (secondary N) is 1. The number of amides is 1. The molecule has 0 heterocycles. The number of aliphatic carboxylic acids is 1. The van der Waals surface area contributed by atoms with Crippen LogP contribution in [0.15, 0.2) is 0 Å². The third kappa shape index (κ3) is 4.83. The first-order chi connectivity index (χ1) is 9.50. The van der Waals surface area contributed by atoms with Crippen LogP contribution in [0.4, 0.5) is 0 Å².